The van der Waals surface area contributed by atoms with Crippen molar-refractivity contribution >= 4 is 17.4 Å². The van der Waals surface area contributed by atoms with Crippen LogP contribution in [0.2, 0.25) is 0 Å². The van der Waals surface area contributed by atoms with Crippen molar-refractivity contribution in [3.05, 3.63) is 85.0 Å². The molecule has 1 aromatic carbocycles. The number of carbonyl (C=O) groups is 1. The topological polar surface area (TPSA) is 98.2 Å². The molecule has 0 unspecified atom stereocenters. The standard InChI is InChI=1S/C22H15FN6O2/c1-13-25-10-20(31-13)21(30)27-16-4-5-18(23)17(7-16)19-12-29-11-15(9-26-22(29)28-19)14-3-2-6-24-8-14/h2-12H,1H3,(H,27,30). The molecule has 0 aliphatic carbocycles. The van der Waals surface area contributed by atoms with Gasteiger partial charge in [0.25, 0.3) is 5.91 Å². The van der Waals surface area contributed by atoms with Crippen LogP contribution in [0.5, 0.6) is 0 Å². The number of fused-ring (bicyclic) bond motifs is 1. The number of rotatable bonds is 4. The lowest BCUT2D eigenvalue weighted by molar-refractivity contribution is 0.0995. The lowest BCUT2D eigenvalue weighted by Gasteiger charge is -2.06. The summed E-state index contributed by atoms with van der Waals surface area (Å²) in [5.41, 5.74) is 2.79. The van der Waals surface area contributed by atoms with Crippen LogP contribution >= 0.6 is 0 Å². The summed E-state index contributed by atoms with van der Waals surface area (Å²) in [5.74, 6) is -0.0648. The fraction of sp³-hybridized carbons (Fsp3) is 0.0455. The molecule has 4 heterocycles. The van der Waals surface area contributed by atoms with E-state index >= 15 is 0 Å². The molecule has 0 aliphatic heterocycles. The van der Waals surface area contributed by atoms with Gasteiger partial charge in [-0.25, -0.2) is 19.3 Å². The summed E-state index contributed by atoms with van der Waals surface area (Å²) >= 11 is 0. The van der Waals surface area contributed by atoms with Crippen LogP contribution in [0.1, 0.15) is 16.4 Å². The lowest BCUT2D eigenvalue weighted by atomic mass is 10.1. The monoisotopic (exact) mass is 414 g/mol. The lowest BCUT2D eigenvalue weighted by Crippen LogP contribution is -2.11. The van der Waals surface area contributed by atoms with E-state index in [-0.39, 0.29) is 11.3 Å². The van der Waals surface area contributed by atoms with Gasteiger partial charge in [0.1, 0.15) is 5.82 Å². The number of aryl methyl sites for hydroxylation is 1. The van der Waals surface area contributed by atoms with Gasteiger partial charge in [-0.3, -0.25) is 14.2 Å². The Morgan fingerprint density at radius 3 is 2.77 bits per heavy atom. The molecule has 5 aromatic rings. The highest BCUT2D eigenvalue weighted by molar-refractivity contribution is 6.02. The third-order valence-corrected chi connectivity index (χ3v) is 4.65. The molecule has 0 saturated heterocycles. The van der Waals surface area contributed by atoms with Crippen LogP contribution in [0.3, 0.4) is 0 Å². The fourth-order valence-electron chi connectivity index (χ4n) is 3.16. The largest absolute Gasteiger partial charge is 0.436 e. The quantitative estimate of drug-likeness (QED) is 0.474. The minimum Gasteiger partial charge on any atom is -0.436 e. The molecule has 1 N–H and O–H groups in total. The van der Waals surface area contributed by atoms with Gasteiger partial charge in [-0.2, -0.15) is 0 Å². The predicted octanol–water partition coefficient (Wildman–Crippen LogP) is 4.15. The van der Waals surface area contributed by atoms with Crippen LogP contribution < -0.4 is 5.32 Å². The van der Waals surface area contributed by atoms with Crippen LogP contribution in [0.15, 0.2) is 71.9 Å². The Kier molecular flexibility index (Phi) is 4.47. The van der Waals surface area contributed by atoms with E-state index in [0.29, 0.717) is 23.0 Å². The van der Waals surface area contributed by atoms with Gasteiger partial charge in [0.2, 0.25) is 11.5 Å². The number of nitrogens with one attached hydrogen (secondary N) is 1. The normalized spacial score (nSPS) is 11.0. The smallest absolute Gasteiger partial charge is 0.293 e. The number of hydrogen-bond acceptors (Lipinski definition) is 6. The van der Waals surface area contributed by atoms with Crippen molar-refractivity contribution in [2.45, 2.75) is 6.92 Å². The van der Waals surface area contributed by atoms with E-state index in [9.17, 15) is 9.18 Å². The first-order chi connectivity index (χ1) is 15.1. The molecule has 0 aliphatic rings. The summed E-state index contributed by atoms with van der Waals surface area (Å²) in [6.07, 6.45) is 10.0. The molecular weight excluding hydrogens is 399 g/mol. The van der Waals surface area contributed by atoms with E-state index in [1.807, 2.05) is 18.3 Å². The van der Waals surface area contributed by atoms with E-state index in [1.165, 1.54) is 24.4 Å². The first kappa shape index (κ1) is 18.6. The molecular formula is C22H15FN6O2. The van der Waals surface area contributed by atoms with Crippen molar-refractivity contribution in [1.29, 1.82) is 0 Å². The number of imidazole rings is 1. The highest BCUT2D eigenvalue weighted by atomic mass is 19.1. The molecule has 1 amide bonds. The van der Waals surface area contributed by atoms with Crippen molar-refractivity contribution < 1.29 is 13.6 Å². The number of carbonyl (C=O) groups excluding carboxylic acids is 1. The van der Waals surface area contributed by atoms with Gasteiger partial charge < -0.3 is 9.73 Å². The highest BCUT2D eigenvalue weighted by Gasteiger charge is 2.15. The number of hydrogen-bond donors (Lipinski definition) is 1. The zero-order chi connectivity index (χ0) is 21.4. The van der Waals surface area contributed by atoms with Gasteiger partial charge in [-0.1, -0.05) is 6.07 Å². The van der Waals surface area contributed by atoms with Crippen LogP contribution in [0, 0.1) is 12.7 Å². The van der Waals surface area contributed by atoms with E-state index in [0.717, 1.165) is 11.1 Å². The van der Waals surface area contributed by atoms with Gasteiger partial charge in [0, 0.05) is 60.3 Å². The molecule has 0 radical (unpaired) electrons. The van der Waals surface area contributed by atoms with Crippen molar-refractivity contribution in [3.63, 3.8) is 0 Å². The summed E-state index contributed by atoms with van der Waals surface area (Å²) in [6, 6.07) is 8.02. The fourth-order valence-corrected chi connectivity index (χ4v) is 3.16. The molecule has 8 nitrogen and oxygen atoms in total. The SMILES string of the molecule is Cc1ncc(C(=O)Nc2ccc(F)c(-c3cn4cc(-c5cccnc5)cnc4n3)c2)o1. The number of benzene rings is 1. The summed E-state index contributed by atoms with van der Waals surface area (Å²) in [7, 11) is 0. The maximum atomic E-state index is 14.6. The average Bonchev–Trinajstić information content (AvgIpc) is 3.41. The summed E-state index contributed by atoms with van der Waals surface area (Å²) in [5, 5.41) is 2.68. The Bertz CT molecular complexity index is 1410. The molecule has 0 bridgehead atoms. The van der Waals surface area contributed by atoms with E-state index in [2.05, 4.69) is 25.3 Å². The van der Waals surface area contributed by atoms with Gasteiger partial charge in [0.05, 0.1) is 11.9 Å². The van der Waals surface area contributed by atoms with Crippen molar-refractivity contribution in [2.24, 2.45) is 0 Å². The maximum absolute atomic E-state index is 14.6. The summed E-state index contributed by atoms with van der Waals surface area (Å²) in [6.45, 7) is 1.64. The summed E-state index contributed by atoms with van der Waals surface area (Å²) in [4.78, 5) is 29.1. The van der Waals surface area contributed by atoms with E-state index < -0.39 is 11.7 Å². The second-order valence-corrected chi connectivity index (χ2v) is 6.81. The summed E-state index contributed by atoms with van der Waals surface area (Å²) < 4.78 is 21.5. The van der Waals surface area contributed by atoms with Crippen LogP contribution in [0.4, 0.5) is 10.1 Å². The number of aromatic nitrogens is 5. The van der Waals surface area contributed by atoms with Crippen LogP contribution in [-0.2, 0) is 0 Å². The molecule has 31 heavy (non-hydrogen) atoms. The van der Waals surface area contributed by atoms with Crippen molar-refractivity contribution in [2.75, 3.05) is 5.32 Å². The van der Waals surface area contributed by atoms with E-state index in [4.69, 9.17) is 4.42 Å². The number of halogens is 1. The van der Waals surface area contributed by atoms with Crippen molar-refractivity contribution in [3.8, 4) is 22.4 Å². The number of pyridine rings is 1. The third-order valence-electron chi connectivity index (χ3n) is 4.65. The van der Waals surface area contributed by atoms with Crippen molar-refractivity contribution in [1.82, 2.24) is 24.3 Å². The van der Waals surface area contributed by atoms with Gasteiger partial charge >= 0.3 is 0 Å². The maximum Gasteiger partial charge on any atom is 0.293 e. The van der Waals surface area contributed by atoms with E-state index in [1.54, 1.807) is 36.1 Å². The minimum absolute atomic E-state index is 0.0724. The first-order valence-electron chi connectivity index (χ1n) is 9.36. The Morgan fingerprint density at radius 2 is 2.00 bits per heavy atom. The Balaban J connectivity index is 1.48. The van der Waals surface area contributed by atoms with Crippen LogP contribution in [0.25, 0.3) is 28.2 Å². The third kappa shape index (κ3) is 3.64. The molecule has 0 spiro atoms. The highest BCUT2D eigenvalue weighted by Crippen LogP contribution is 2.27. The van der Waals surface area contributed by atoms with Gasteiger partial charge in [0.15, 0.2) is 5.89 Å². The van der Waals surface area contributed by atoms with Gasteiger partial charge in [-0.15, -0.1) is 0 Å². The Morgan fingerprint density at radius 1 is 1.10 bits per heavy atom. The number of anilines is 1. The average molecular weight is 414 g/mol. The molecule has 4 aromatic heterocycles. The molecule has 0 saturated carbocycles. The molecule has 5 rings (SSSR count). The van der Waals surface area contributed by atoms with Crippen LogP contribution in [-0.4, -0.2) is 30.2 Å². The first-order valence-corrected chi connectivity index (χ1v) is 9.36. The number of oxazole rings is 1. The zero-order valence-corrected chi connectivity index (χ0v) is 16.3. The Labute approximate surface area is 175 Å². The van der Waals surface area contributed by atoms with Gasteiger partial charge in [-0.05, 0) is 24.3 Å². The Hall–Kier alpha value is -4.40. The second kappa shape index (κ2) is 7.45. The minimum atomic E-state index is -0.476. The zero-order valence-electron chi connectivity index (χ0n) is 16.3. The molecule has 9 heteroatoms. The molecule has 0 fully saturated rings. The predicted molar refractivity (Wildman–Crippen MR) is 111 cm³/mol. The number of amides is 1. The second-order valence-electron chi connectivity index (χ2n) is 6.81. The molecule has 0 atom stereocenters. The molecule has 152 valence electrons. The number of nitrogens with zero attached hydrogens (tertiary/aromatic N) is 5.